The van der Waals surface area contributed by atoms with E-state index in [4.69, 9.17) is 16.9 Å². The molecule has 0 fully saturated rings. The Morgan fingerprint density at radius 2 is 1.97 bits per heavy atom. The Balaban J connectivity index is 1.84. The van der Waals surface area contributed by atoms with Gasteiger partial charge < -0.3 is 5.32 Å². The zero-order valence-electron chi connectivity index (χ0n) is 15.9. The normalized spacial score (nSPS) is 10.2. The smallest absolute Gasteiger partial charge is 0.229 e. The minimum Gasteiger partial charge on any atom is -0.326 e. The quantitative estimate of drug-likeness (QED) is 0.650. The predicted molar refractivity (Wildman–Crippen MR) is 112 cm³/mol. The molecule has 6 nitrogen and oxygen atoms in total. The van der Waals surface area contributed by atoms with Gasteiger partial charge in [-0.3, -0.25) is 14.5 Å². The first-order valence-electron chi connectivity index (χ1n) is 8.88. The molecule has 30 heavy (non-hydrogen) atoms. The predicted octanol–water partition coefficient (Wildman–Crippen LogP) is 4.61. The summed E-state index contributed by atoms with van der Waals surface area (Å²) in [6, 6.07) is 15.8. The van der Waals surface area contributed by atoms with Crippen molar-refractivity contribution in [3.8, 4) is 6.07 Å². The van der Waals surface area contributed by atoms with Crippen LogP contribution in [0.25, 0.3) is 0 Å². The van der Waals surface area contributed by atoms with E-state index in [2.05, 4.69) is 10.3 Å². The van der Waals surface area contributed by atoms with Gasteiger partial charge in [0.05, 0.1) is 23.7 Å². The maximum absolute atomic E-state index is 13.9. The van der Waals surface area contributed by atoms with Crippen molar-refractivity contribution in [1.29, 1.82) is 5.26 Å². The minimum atomic E-state index is -0.562. The van der Waals surface area contributed by atoms with Crippen molar-refractivity contribution < 1.29 is 14.0 Å². The van der Waals surface area contributed by atoms with E-state index in [0.717, 1.165) is 0 Å². The summed E-state index contributed by atoms with van der Waals surface area (Å²) in [4.78, 5) is 30.2. The largest absolute Gasteiger partial charge is 0.326 e. The third-order valence-corrected chi connectivity index (χ3v) is 4.56. The Hall–Kier alpha value is -3.76. The summed E-state index contributed by atoms with van der Waals surface area (Å²) in [5, 5.41) is 11.9. The number of hydrogen-bond acceptors (Lipinski definition) is 4. The molecule has 0 bridgehead atoms. The van der Waals surface area contributed by atoms with Gasteiger partial charge in [-0.25, -0.2) is 9.37 Å². The molecular weight excluding hydrogens is 407 g/mol. The number of hydrogen-bond donors (Lipinski definition) is 1. The fraction of sp³-hybridized carbons (Fsp3) is 0.0909. The molecule has 0 saturated heterocycles. The van der Waals surface area contributed by atoms with Gasteiger partial charge in [0.2, 0.25) is 11.8 Å². The maximum Gasteiger partial charge on any atom is 0.229 e. The van der Waals surface area contributed by atoms with E-state index in [1.807, 2.05) is 6.07 Å². The number of nitrogens with one attached hydrogen (secondary N) is 1. The Labute approximate surface area is 177 Å². The highest BCUT2D eigenvalue weighted by atomic mass is 35.5. The number of carbonyl (C=O) groups is 2. The van der Waals surface area contributed by atoms with Crippen LogP contribution < -0.4 is 10.2 Å². The lowest BCUT2D eigenvalue weighted by atomic mass is 10.1. The molecule has 3 aromatic rings. The molecule has 8 heteroatoms. The van der Waals surface area contributed by atoms with Crippen LogP contribution in [0.1, 0.15) is 18.1 Å². The van der Waals surface area contributed by atoms with E-state index in [9.17, 15) is 14.0 Å². The highest BCUT2D eigenvalue weighted by molar-refractivity contribution is 6.31. The highest BCUT2D eigenvalue weighted by Crippen LogP contribution is 2.27. The molecule has 0 saturated carbocycles. The highest BCUT2D eigenvalue weighted by Gasteiger charge is 2.17. The first-order chi connectivity index (χ1) is 14.4. The second kappa shape index (κ2) is 9.16. The zero-order chi connectivity index (χ0) is 21.7. The van der Waals surface area contributed by atoms with Gasteiger partial charge in [0.15, 0.2) is 0 Å². The standard InChI is InChI=1S/C22H16ClFN4O2/c1-14(29)28(17-5-2-4-15(10-17)13-25)21-11-16(8-9-26-21)27-22(30)12-18-19(23)6-3-7-20(18)24/h2-11H,12H2,1H3,(H,26,27,30). The number of nitrogens with zero attached hydrogens (tertiary/aromatic N) is 3. The number of amides is 2. The summed E-state index contributed by atoms with van der Waals surface area (Å²) in [6.07, 6.45) is 1.19. The molecule has 1 N–H and O–H groups in total. The third kappa shape index (κ3) is 4.80. The topological polar surface area (TPSA) is 86.1 Å². The summed E-state index contributed by atoms with van der Waals surface area (Å²) < 4.78 is 13.9. The molecule has 0 aliphatic rings. The van der Waals surface area contributed by atoms with E-state index >= 15 is 0 Å². The van der Waals surface area contributed by atoms with Crippen molar-refractivity contribution in [3.63, 3.8) is 0 Å². The van der Waals surface area contributed by atoms with Gasteiger partial charge >= 0.3 is 0 Å². The molecule has 0 aliphatic heterocycles. The van der Waals surface area contributed by atoms with E-state index in [0.29, 0.717) is 16.9 Å². The van der Waals surface area contributed by atoms with Crippen molar-refractivity contribution >= 4 is 40.6 Å². The van der Waals surface area contributed by atoms with Crippen LogP contribution in [-0.4, -0.2) is 16.8 Å². The number of rotatable bonds is 5. The molecule has 0 spiro atoms. The third-order valence-electron chi connectivity index (χ3n) is 4.21. The average molecular weight is 423 g/mol. The SMILES string of the molecule is CC(=O)N(c1cccc(C#N)c1)c1cc(NC(=O)Cc2c(F)cccc2Cl)ccn1. The zero-order valence-corrected chi connectivity index (χ0v) is 16.7. The van der Waals surface area contributed by atoms with Crippen molar-refractivity contribution in [2.24, 2.45) is 0 Å². The van der Waals surface area contributed by atoms with Crippen LogP contribution in [0.5, 0.6) is 0 Å². The van der Waals surface area contributed by atoms with Gasteiger partial charge in [0, 0.05) is 35.5 Å². The summed E-state index contributed by atoms with van der Waals surface area (Å²) in [5.41, 5.74) is 1.34. The molecule has 0 aliphatic carbocycles. The summed E-state index contributed by atoms with van der Waals surface area (Å²) in [6.45, 7) is 1.37. The second-order valence-electron chi connectivity index (χ2n) is 6.34. The fourth-order valence-corrected chi connectivity index (χ4v) is 3.11. The van der Waals surface area contributed by atoms with Crippen LogP contribution in [0, 0.1) is 17.1 Å². The molecule has 0 atom stereocenters. The van der Waals surface area contributed by atoms with Crippen molar-refractivity contribution in [2.75, 3.05) is 10.2 Å². The monoisotopic (exact) mass is 422 g/mol. The molecule has 150 valence electrons. The molecule has 2 amide bonds. The van der Waals surface area contributed by atoms with Gasteiger partial charge in [-0.05, 0) is 36.4 Å². The first-order valence-corrected chi connectivity index (χ1v) is 9.26. The molecule has 1 heterocycles. The lowest BCUT2D eigenvalue weighted by molar-refractivity contribution is -0.116. The number of carbonyl (C=O) groups excluding carboxylic acids is 2. The summed E-state index contributed by atoms with van der Waals surface area (Å²) in [5.74, 6) is -1.09. The van der Waals surface area contributed by atoms with Crippen LogP contribution in [0.2, 0.25) is 5.02 Å². The van der Waals surface area contributed by atoms with Crippen LogP contribution in [0.3, 0.4) is 0 Å². The van der Waals surface area contributed by atoms with Crippen LogP contribution in [0.4, 0.5) is 21.6 Å². The summed E-state index contributed by atoms with van der Waals surface area (Å²) in [7, 11) is 0. The lowest BCUT2D eigenvalue weighted by Crippen LogP contribution is -2.24. The molecule has 2 aromatic carbocycles. The van der Waals surface area contributed by atoms with E-state index in [1.54, 1.807) is 30.3 Å². The number of aromatic nitrogens is 1. The Morgan fingerprint density at radius 1 is 1.20 bits per heavy atom. The Morgan fingerprint density at radius 3 is 2.67 bits per heavy atom. The average Bonchev–Trinajstić information content (AvgIpc) is 2.71. The first kappa shape index (κ1) is 21.0. The van der Waals surface area contributed by atoms with Gasteiger partial charge in [0.1, 0.15) is 11.6 Å². The van der Waals surface area contributed by atoms with Crippen molar-refractivity contribution in [3.05, 3.63) is 82.8 Å². The number of halogens is 2. The fourth-order valence-electron chi connectivity index (χ4n) is 2.88. The Kier molecular flexibility index (Phi) is 6.40. The molecular formula is C22H16ClFN4O2. The second-order valence-corrected chi connectivity index (χ2v) is 6.75. The number of benzene rings is 2. The van der Waals surface area contributed by atoms with E-state index < -0.39 is 11.7 Å². The van der Waals surface area contributed by atoms with Crippen LogP contribution in [0.15, 0.2) is 60.8 Å². The van der Waals surface area contributed by atoms with E-state index in [1.165, 1.54) is 42.3 Å². The van der Waals surface area contributed by atoms with Crippen molar-refractivity contribution in [1.82, 2.24) is 4.98 Å². The molecule has 1 aromatic heterocycles. The molecule has 3 rings (SSSR count). The van der Waals surface area contributed by atoms with Gasteiger partial charge in [0.25, 0.3) is 0 Å². The molecule has 0 unspecified atom stereocenters. The number of nitriles is 1. The minimum absolute atomic E-state index is 0.102. The molecule has 0 radical (unpaired) electrons. The van der Waals surface area contributed by atoms with Gasteiger partial charge in [-0.1, -0.05) is 23.7 Å². The Bertz CT molecular complexity index is 1140. The van der Waals surface area contributed by atoms with E-state index in [-0.39, 0.29) is 28.7 Å². The number of anilines is 3. The summed E-state index contributed by atoms with van der Waals surface area (Å²) >= 11 is 5.97. The van der Waals surface area contributed by atoms with Gasteiger partial charge in [-0.15, -0.1) is 0 Å². The lowest BCUT2D eigenvalue weighted by Gasteiger charge is -2.21. The number of pyridine rings is 1. The van der Waals surface area contributed by atoms with Crippen LogP contribution >= 0.6 is 11.6 Å². The van der Waals surface area contributed by atoms with Gasteiger partial charge in [-0.2, -0.15) is 5.26 Å². The van der Waals surface area contributed by atoms with Crippen molar-refractivity contribution in [2.45, 2.75) is 13.3 Å². The maximum atomic E-state index is 13.9. The van der Waals surface area contributed by atoms with Crippen LogP contribution in [-0.2, 0) is 16.0 Å².